The Morgan fingerprint density at radius 1 is 1.47 bits per heavy atom. The first-order valence-corrected chi connectivity index (χ1v) is 6.53. The standard InChI is InChI=1S/C14H18N4O/c1-10-3-4-18-13(5-10)16-11(6-14(18)19)9-17(2)12-7-15-8-12/h3-6,12,15H,7-9H2,1-2H3. The smallest absolute Gasteiger partial charge is 0.258 e. The minimum atomic E-state index is -0.0138. The van der Waals surface area contributed by atoms with Gasteiger partial charge in [-0.1, -0.05) is 0 Å². The molecule has 100 valence electrons. The molecular formula is C14H18N4O. The van der Waals surface area contributed by atoms with E-state index in [0.29, 0.717) is 12.6 Å². The van der Waals surface area contributed by atoms with Crippen molar-refractivity contribution in [2.45, 2.75) is 19.5 Å². The molecule has 1 aliphatic heterocycles. The van der Waals surface area contributed by atoms with Crippen molar-refractivity contribution < 1.29 is 0 Å². The van der Waals surface area contributed by atoms with Gasteiger partial charge < -0.3 is 5.32 Å². The molecule has 0 radical (unpaired) electrons. The number of rotatable bonds is 3. The average Bonchev–Trinajstić information content (AvgIpc) is 2.25. The summed E-state index contributed by atoms with van der Waals surface area (Å²) < 4.78 is 1.58. The molecule has 1 saturated heterocycles. The van der Waals surface area contributed by atoms with E-state index in [1.807, 2.05) is 19.1 Å². The number of nitrogens with zero attached hydrogens (tertiary/aromatic N) is 3. The molecule has 2 aromatic heterocycles. The number of likely N-dealkylation sites (N-methyl/N-ethyl adjacent to an activating group) is 1. The van der Waals surface area contributed by atoms with Gasteiger partial charge in [-0.2, -0.15) is 0 Å². The zero-order chi connectivity index (χ0) is 13.4. The van der Waals surface area contributed by atoms with E-state index in [2.05, 4.69) is 22.2 Å². The van der Waals surface area contributed by atoms with Gasteiger partial charge in [0.2, 0.25) is 0 Å². The van der Waals surface area contributed by atoms with Crippen molar-refractivity contribution in [2.75, 3.05) is 20.1 Å². The van der Waals surface area contributed by atoms with Crippen LogP contribution in [-0.4, -0.2) is 40.5 Å². The largest absolute Gasteiger partial charge is 0.314 e. The van der Waals surface area contributed by atoms with E-state index >= 15 is 0 Å². The van der Waals surface area contributed by atoms with Crippen LogP contribution in [0.3, 0.4) is 0 Å². The van der Waals surface area contributed by atoms with Crippen molar-refractivity contribution in [3.63, 3.8) is 0 Å². The number of hydrogen-bond donors (Lipinski definition) is 1. The fourth-order valence-electron chi connectivity index (χ4n) is 2.30. The average molecular weight is 258 g/mol. The first-order valence-electron chi connectivity index (χ1n) is 6.53. The number of fused-ring (bicyclic) bond motifs is 1. The molecule has 1 aliphatic rings. The van der Waals surface area contributed by atoms with Gasteiger partial charge in [-0.15, -0.1) is 0 Å². The molecule has 3 heterocycles. The molecule has 2 aromatic rings. The van der Waals surface area contributed by atoms with Crippen LogP contribution in [0.2, 0.25) is 0 Å². The van der Waals surface area contributed by atoms with Crippen LogP contribution in [0, 0.1) is 6.92 Å². The van der Waals surface area contributed by atoms with Gasteiger partial charge in [-0.05, 0) is 31.7 Å². The minimum absolute atomic E-state index is 0.0138. The molecule has 0 spiro atoms. The Morgan fingerprint density at radius 2 is 2.26 bits per heavy atom. The van der Waals surface area contributed by atoms with Crippen LogP contribution < -0.4 is 10.9 Å². The third-order valence-corrected chi connectivity index (χ3v) is 3.67. The van der Waals surface area contributed by atoms with Crippen molar-refractivity contribution in [2.24, 2.45) is 0 Å². The molecule has 0 unspecified atom stereocenters. The molecule has 0 atom stereocenters. The van der Waals surface area contributed by atoms with Crippen LogP contribution in [0.1, 0.15) is 11.3 Å². The summed E-state index contributed by atoms with van der Waals surface area (Å²) >= 11 is 0. The van der Waals surface area contributed by atoms with Crippen LogP contribution >= 0.6 is 0 Å². The topological polar surface area (TPSA) is 49.6 Å². The molecule has 1 N–H and O–H groups in total. The zero-order valence-electron chi connectivity index (χ0n) is 11.3. The molecule has 1 fully saturated rings. The van der Waals surface area contributed by atoms with E-state index in [-0.39, 0.29) is 5.56 Å². The summed E-state index contributed by atoms with van der Waals surface area (Å²) in [5, 5.41) is 3.25. The summed E-state index contributed by atoms with van der Waals surface area (Å²) in [5.41, 5.74) is 2.66. The molecule has 0 amide bonds. The molecule has 5 heteroatoms. The SMILES string of the molecule is Cc1ccn2c(=O)cc(CN(C)C3CNC3)nc2c1. The Balaban J connectivity index is 1.93. The van der Waals surface area contributed by atoms with Gasteiger partial charge in [0.25, 0.3) is 5.56 Å². The van der Waals surface area contributed by atoms with E-state index in [0.717, 1.165) is 30.0 Å². The lowest BCUT2D eigenvalue weighted by Crippen LogP contribution is -2.55. The Labute approximate surface area is 111 Å². The van der Waals surface area contributed by atoms with Gasteiger partial charge in [-0.25, -0.2) is 4.98 Å². The maximum Gasteiger partial charge on any atom is 0.258 e. The predicted octanol–water partition coefficient (Wildman–Crippen LogP) is 0.407. The van der Waals surface area contributed by atoms with E-state index < -0.39 is 0 Å². The van der Waals surface area contributed by atoms with E-state index in [1.165, 1.54) is 0 Å². The lowest BCUT2D eigenvalue weighted by molar-refractivity contribution is 0.171. The molecule has 3 rings (SSSR count). The van der Waals surface area contributed by atoms with Gasteiger partial charge in [0.1, 0.15) is 5.65 Å². The summed E-state index contributed by atoms with van der Waals surface area (Å²) in [4.78, 5) is 18.9. The Morgan fingerprint density at radius 3 is 2.95 bits per heavy atom. The van der Waals surface area contributed by atoms with Crippen LogP contribution in [0.4, 0.5) is 0 Å². The van der Waals surface area contributed by atoms with Gasteiger partial charge in [0.05, 0.1) is 5.69 Å². The number of aryl methyl sites for hydroxylation is 1. The van der Waals surface area contributed by atoms with Gasteiger partial charge in [0, 0.05) is 37.9 Å². The normalized spacial score (nSPS) is 15.9. The number of hydrogen-bond acceptors (Lipinski definition) is 4. The molecule has 0 aliphatic carbocycles. The molecular weight excluding hydrogens is 240 g/mol. The van der Waals surface area contributed by atoms with E-state index in [1.54, 1.807) is 16.7 Å². The Kier molecular flexibility index (Phi) is 3.08. The fourth-order valence-corrected chi connectivity index (χ4v) is 2.30. The predicted molar refractivity (Wildman–Crippen MR) is 74.3 cm³/mol. The number of aromatic nitrogens is 2. The Hall–Kier alpha value is -1.72. The summed E-state index contributed by atoms with van der Waals surface area (Å²) in [6, 6.07) is 6.04. The minimum Gasteiger partial charge on any atom is -0.314 e. The summed E-state index contributed by atoms with van der Waals surface area (Å²) in [5.74, 6) is 0. The maximum absolute atomic E-state index is 12.0. The molecule has 0 bridgehead atoms. The third-order valence-electron chi connectivity index (χ3n) is 3.67. The first kappa shape index (κ1) is 12.3. The molecule has 5 nitrogen and oxygen atoms in total. The Bertz CT molecular complexity index is 660. The maximum atomic E-state index is 12.0. The zero-order valence-corrected chi connectivity index (χ0v) is 11.3. The lowest BCUT2D eigenvalue weighted by atomic mass is 10.1. The summed E-state index contributed by atoms with van der Waals surface area (Å²) in [6.07, 6.45) is 1.78. The van der Waals surface area contributed by atoms with Gasteiger partial charge in [-0.3, -0.25) is 14.1 Å². The van der Waals surface area contributed by atoms with Crippen LogP contribution in [0.5, 0.6) is 0 Å². The van der Waals surface area contributed by atoms with Gasteiger partial charge in [0.15, 0.2) is 0 Å². The third kappa shape index (κ3) is 2.39. The fraction of sp³-hybridized carbons (Fsp3) is 0.429. The second-order valence-corrected chi connectivity index (χ2v) is 5.25. The highest BCUT2D eigenvalue weighted by atomic mass is 16.1. The second kappa shape index (κ2) is 4.75. The molecule has 0 saturated carbocycles. The van der Waals surface area contributed by atoms with Crippen LogP contribution in [0.15, 0.2) is 29.2 Å². The lowest BCUT2D eigenvalue weighted by Gasteiger charge is -2.35. The monoisotopic (exact) mass is 258 g/mol. The van der Waals surface area contributed by atoms with Gasteiger partial charge >= 0.3 is 0 Å². The van der Waals surface area contributed by atoms with Crippen molar-refractivity contribution in [3.05, 3.63) is 46.0 Å². The van der Waals surface area contributed by atoms with Crippen molar-refractivity contribution >= 4 is 5.65 Å². The summed E-state index contributed by atoms with van der Waals surface area (Å²) in [6.45, 7) is 4.75. The van der Waals surface area contributed by atoms with Crippen LogP contribution in [-0.2, 0) is 6.54 Å². The summed E-state index contributed by atoms with van der Waals surface area (Å²) in [7, 11) is 2.07. The highest BCUT2D eigenvalue weighted by Gasteiger charge is 2.21. The second-order valence-electron chi connectivity index (χ2n) is 5.25. The molecule has 19 heavy (non-hydrogen) atoms. The molecule has 0 aromatic carbocycles. The first-order chi connectivity index (χ1) is 9.13. The number of nitrogens with one attached hydrogen (secondary N) is 1. The number of pyridine rings is 1. The van der Waals surface area contributed by atoms with Crippen molar-refractivity contribution in [3.8, 4) is 0 Å². The van der Waals surface area contributed by atoms with Crippen molar-refractivity contribution in [1.29, 1.82) is 0 Å². The van der Waals surface area contributed by atoms with E-state index in [4.69, 9.17) is 0 Å². The van der Waals surface area contributed by atoms with E-state index in [9.17, 15) is 4.79 Å². The highest BCUT2D eigenvalue weighted by molar-refractivity contribution is 5.41. The van der Waals surface area contributed by atoms with Crippen LogP contribution in [0.25, 0.3) is 5.65 Å². The highest BCUT2D eigenvalue weighted by Crippen LogP contribution is 2.08. The van der Waals surface area contributed by atoms with Crippen molar-refractivity contribution in [1.82, 2.24) is 19.6 Å². The quantitative estimate of drug-likeness (QED) is 0.866.